The first kappa shape index (κ1) is 16.2. The second-order valence-electron chi connectivity index (χ2n) is 7.34. The average Bonchev–Trinajstić information content (AvgIpc) is 2.57. The third-order valence-electron chi connectivity index (χ3n) is 5.79. The lowest BCUT2D eigenvalue weighted by molar-refractivity contribution is -0.130. The number of carbonyl (C=O) groups excluding carboxylic acids is 1. The van der Waals surface area contributed by atoms with Gasteiger partial charge in [0.1, 0.15) is 0 Å². The van der Waals surface area contributed by atoms with E-state index in [4.69, 9.17) is 10.5 Å². The largest absolute Gasteiger partial charge is 0.381 e. The zero-order valence-corrected chi connectivity index (χ0v) is 13.7. The van der Waals surface area contributed by atoms with Crippen LogP contribution >= 0.6 is 0 Å². The molecule has 5 nitrogen and oxygen atoms in total. The number of rotatable bonds is 3. The molecule has 0 atom stereocenters. The van der Waals surface area contributed by atoms with Crippen LogP contribution in [0.1, 0.15) is 57.8 Å². The van der Waals surface area contributed by atoms with E-state index in [1.165, 1.54) is 32.1 Å². The topological polar surface area (TPSA) is 67.6 Å². The van der Waals surface area contributed by atoms with Crippen molar-refractivity contribution in [3.8, 4) is 0 Å². The fourth-order valence-corrected chi connectivity index (χ4v) is 4.15. The summed E-state index contributed by atoms with van der Waals surface area (Å²) in [6.07, 6.45) is 10.3. The highest BCUT2D eigenvalue weighted by Gasteiger charge is 2.37. The number of piperidine rings is 1. The van der Waals surface area contributed by atoms with Crippen molar-refractivity contribution in [3.63, 3.8) is 0 Å². The molecule has 2 heterocycles. The summed E-state index contributed by atoms with van der Waals surface area (Å²) in [6.45, 7) is 3.45. The first-order valence-corrected chi connectivity index (χ1v) is 9.09. The molecular weight excluding hydrogens is 278 g/mol. The van der Waals surface area contributed by atoms with Gasteiger partial charge in [0.05, 0.1) is 5.54 Å². The molecule has 3 rings (SSSR count). The van der Waals surface area contributed by atoms with Gasteiger partial charge in [-0.2, -0.15) is 0 Å². The molecular formula is C17H31N3O2. The first-order valence-electron chi connectivity index (χ1n) is 9.09. The number of hydrogen-bond donors (Lipinski definition) is 2. The Kier molecular flexibility index (Phi) is 5.37. The van der Waals surface area contributed by atoms with Crippen LogP contribution in [0.4, 0.5) is 0 Å². The number of ether oxygens (including phenoxy) is 1. The van der Waals surface area contributed by atoms with Gasteiger partial charge >= 0.3 is 0 Å². The van der Waals surface area contributed by atoms with E-state index in [0.29, 0.717) is 32.1 Å². The second-order valence-corrected chi connectivity index (χ2v) is 7.34. The maximum Gasteiger partial charge on any atom is 0.240 e. The van der Waals surface area contributed by atoms with E-state index in [2.05, 4.69) is 10.2 Å². The van der Waals surface area contributed by atoms with Gasteiger partial charge in [0.25, 0.3) is 0 Å². The summed E-state index contributed by atoms with van der Waals surface area (Å²) in [6, 6.07) is 1.09. The Morgan fingerprint density at radius 3 is 2.32 bits per heavy atom. The van der Waals surface area contributed by atoms with E-state index < -0.39 is 5.54 Å². The average molecular weight is 309 g/mol. The van der Waals surface area contributed by atoms with Crippen LogP contribution in [0.15, 0.2) is 0 Å². The summed E-state index contributed by atoms with van der Waals surface area (Å²) >= 11 is 0. The van der Waals surface area contributed by atoms with Crippen molar-refractivity contribution < 1.29 is 9.53 Å². The van der Waals surface area contributed by atoms with Crippen LogP contribution < -0.4 is 11.1 Å². The van der Waals surface area contributed by atoms with Gasteiger partial charge in [-0.3, -0.25) is 4.79 Å². The van der Waals surface area contributed by atoms with Crippen molar-refractivity contribution in [2.75, 3.05) is 26.3 Å². The van der Waals surface area contributed by atoms with Gasteiger partial charge in [0, 0.05) is 38.4 Å². The monoisotopic (exact) mass is 309 g/mol. The van der Waals surface area contributed by atoms with Crippen LogP contribution in [-0.4, -0.2) is 54.7 Å². The van der Waals surface area contributed by atoms with E-state index in [0.717, 1.165) is 32.0 Å². The summed E-state index contributed by atoms with van der Waals surface area (Å²) in [7, 11) is 0. The molecule has 1 saturated carbocycles. The van der Waals surface area contributed by atoms with Gasteiger partial charge < -0.3 is 20.7 Å². The minimum Gasteiger partial charge on any atom is -0.381 e. The Morgan fingerprint density at radius 1 is 1.05 bits per heavy atom. The lowest BCUT2D eigenvalue weighted by Gasteiger charge is -2.40. The van der Waals surface area contributed by atoms with Crippen molar-refractivity contribution in [3.05, 3.63) is 0 Å². The van der Waals surface area contributed by atoms with E-state index in [9.17, 15) is 4.79 Å². The third kappa shape index (κ3) is 3.81. The maximum absolute atomic E-state index is 12.5. The van der Waals surface area contributed by atoms with E-state index >= 15 is 0 Å². The highest BCUT2D eigenvalue weighted by Crippen LogP contribution is 2.26. The molecule has 3 N–H and O–H groups in total. The van der Waals surface area contributed by atoms with Gasteiger partial charge in [-0.15, -0.1) is 0 Å². The van der Waals surface area contributed by atoms with Gasteiger partial charge in [0.2, 0.25) is 5.91 Å². The second kappa shape index (κ2) is 7.28. The summed E-state index contributed by atoms with van der Waals surface area (Å²) < 4.78 is 5.32. The number of nitrogens with zero attached hydrogens (tertiary/aromatic N) is 1. The fraction of sp³-hybridized carbons (Fsp3) is 0.941. The van der Waals surface area contributed by atoms with Gasteiger partial charge in [-0.25, -0.2) is 0 Å². The van der Waals surface area contributed by atoms with Gasteiger partial charge in [-0.1, -0.05) is 19.3 Å². The SMILES string of the molecule is NC1(C(=O)NC2CCN(C3CCCCC3)CC2)CCOCC1. The number of nitrogens with one attached hydrogen (secondary N) is 1. The standard InChI is InChI=1S/C17H31N3O2/c18-17(8-12-22-13-9-17)16(21)19-14-6-10-20(11-7-14)15-4-2-1-3-5-15/h14-15H,1-13,18H2,(H,19,21). The van der Waals surface area contributed by atoms with Crippen molar-refractivity contribution in [1.82, 2.24) is 10.2 Å². The summed E-state index contributed by atoms with van der Waals surface area (Å²) in [5.74, 6) is 0.0342. The number of carbonyl (C=O) groups is 1. The molecule has 3 fully saturated rings. The molecule has 2 saturated heterocycles. The first-order chi connectivity index (χ1) is 10.7. The Labute approximate surface area is 133 Å². The molecule has 2 aliphatic heterocycles. The molecule has 1 amide bonds. The summed E-state index contributed by atoms with van der Waals surface area (Å²) in [4.78, 5) is 15.1. The zero-order valence-electron chi connectivity index (χ0n) is 13.7. The Balaban J connectivity index is 1.44. The molecule has 5 heteroatoms. The normalized spacial score (nSPS) is 28.4. The minimum absolute atomic E-state index is 0.0342. The number of nitrogens with two attached hydrogens (primary N) is 1. The number of hydrogen-bond acceptors (Lipinski definition) is 4. The zero-order chi connectivity index (χ0) is 15.4. The van der Waals surface area contributed by atoms with Crippen LogP contribution in [0.2, 0.25) is 0 Å². The van der Waals surface area contributed by atoms with E-state index in [1.54, 1.807) is 0 Å². The Hall–Kier alpha value is -0.650. The van der Waals surface area contributed by atoms with Crippen molar-refractivity contribution >= 4 is 5.91 Å². The third-order valence-corrected chi connectivity index (χ3v) is 5.79. The molecule has 0 bridgehead atoms. The molecule has 3 aliphatic rings. The van der Waals surface area contributed by atoms with Crippen molar-refractivity contribution in [2.45, 2.75) is 75.4 Å². The van der Waals surface area contributed by atoms with Crippen molar-refractivity contribution in [1.29, 1.82) is 0 Å². The molecule has 0 radical (unpaired) electrons. The van der Waals surface area contributed by atoms with Gasteiger partial charge in [-0.05, 0) is 38.5 Å². The minimum atomic E-state index is -0.710. The van der Waals surface area contributed by atoms with Crippen LogP contribution in [0.3, 0.4) is 0 Å². The molecule has 126 valence electrons. The predicted octanol–water partition coefficient (Wildman–Crippen LogP) is 1.41. The number of likely N-dealkylation sites (tertiary alicyclic amines) is 1. The predicted molar refractivity (Wildman–Crippen MR) is 86.6 cm³/mol. The lowest BCUT2D eigenvalue weighted by Crippen LogP contribution is -2.60. The van der Waals surface area contributed by atoms with Gasteiger partial charge in [0.15, 0.2) is 0 Å². The van der Waals surface area contributed by atoms with Crippen LogP contribution in [0.5, 0.6) is 0 Å². The molecule has 0 aromatic carbocycles. The quantitative estimate of drug-likeness (QED) is 0.827. The highest BCUT2D eigenvalue weighted by atomic mass is 16.5. The molecule has 22 heavy (non-hydrogen) atoms. The number of amides is 1. The lowest BCUT2D eigenvalue weighted by atomic mass is 9.89. The Morgan fingerprint density at radius 2 is 1.68 bits per heavy atom. The summed E-state index contributed by atoms with van der Waals surface area (Å²) in [5.41, 5.74) is 5.55. The van der Waals surface area contributed by atoms with E-state index in [1.807, 2.05) is 0 Å². The van der Waals surface area contributed by atoms with Crippen molar-refractivity contribution in [2.24, 2.45) is 5.73 Å². The summed E-state index contributed by atoms with van der Waals surface area (Å²) in [5, 5.41) is 3.21. The molecule has 1 aliphatic carbocycles. The molecule has 0 spiro atoms. The molecule has 0 aromatic heterocycles. The van der Waals surface area contributed by atoms with Crippen LogP contribution in [0, 0.1) is 0 Å². The smallest absolute Gasteiger partial charge is 0.240 e. The van der Waals surface area contributed by atoms with Crippen LogP contribution in [0.25, 0.3) is 0 Å². The fourth-order valence-electron chi connectivity index (χ4n) is 4.15. The van der Waals surface area contributed by atoms with Crippen LogP contribution in [-0.2, 0) is 9.53 Å². The highest BCUT2D eigenvalue weighted by molar-refractivity contribution is 5.86. The van der Waals surface area contributed by atoms with E-state index in [-0.39, 0.29) is 5.91 Å². The molecule has 0 unspecified atom stereocenters. The molecule has 0 aromatic rings. The Bertz CT molecular complexity index is 368. The maximum atomic E-state index is 12.5.